The highest BCUT2D eigenvalue weighted by molar-refractivity contribution is 5.80. The van der Waals surface area contributed by atoms with E-state index in [0.717, 1.165) is 43.6 Å². The van der Waals surface area contributed by atoms with Crippen LogP contribution >= 0.6 is 0 Å². The number of aromatic nitrogens is 3. The molecule has 5 aromatic rings. The molecule has 9 nitrogen and oxygen atoms in total. The lowest BCUT2D eigenvalue weighted by molar-refractivity contribution is -0.134. The van der Waals surface area contributed by atoms with Gasteiger partial charge in [0.15, 0.2) is 0 Å². The molecule has 1 amide bonds. The molecule has 52 heavy (non-hydrogen) atoms. The fourth-order valence-electron chi connectivity index (χ4n) is 6.72. The lowest BCUT2D eigenvalue weighted by atomic mass is 10.0. The van der Waals surface area contributed by atoms with Crippen molar-refractivity contribution >= 4 is 16.8 Å². The van der Waals surface area contributed by atoms with Crippen LogP contribution in [0.2, 0.25) is 0 Å². The molecule has 0 radical (unpaired) electrons. The largest absolute Gasteiger partial charge is 0.494 e. The molecular weight excluding hydrogens is 669 g/mol. The van der Waals surface area contributed by atoms with Crippen molar-refractivity contribution in [2.45, 2.75) is 64.1 Å². The summed E-state index contributed by atoms with van der Waals surface area (Å²) in [6.45, 7) is 5.41. The Labute approximate surface area is 300 Å². The highest BCUT2D eigenvalue weighted by Crippen LogP contribution is 2.32. The van der Waals surface area contributed by atoms with Crippen LogP contribution in [0.3, 0.4) is 0 Å². The third kappa shape index (κ3) is 8.68. The summed E-state index contributed by atoms with van der Waals surface area (Å²) in [4.78, 5) is 40.0. The number of hydrogen-bond donors (Lipinski definition) is 2. The molecule has 2 aromatic heterocycles. The molecule has 6 rings (SSSR count). The van der Waals surface area contributed by atoms with Gasteiger partial charge in [-0.3, -0.25) is 19.1 Å². The molecular formula is C40H43F3N6O3. The fourth-order valence-corrected chi connectivity index (χ4v) is 6.72. The summed E-state index contributed by atoms with van der Waals surface area (Å²) in [6, 6.07) is 20.8. The highest BCUT2D eigenvalue weighted by atomic mass is 19.3. The number of benzene rings is 3. The zero-order chi connectivity index (χ0) is 36.7. The maximum atomic E-state index is 14.9. The summed E-state index contributed by atoms with van der Waals surface area (Å²) in [6.07, 6.45) is 5.31. The van der Waals surface area contributed by atoms with Gasteiger partial charge in [-0.15, -0.1) is 0 Å². The normalized spacial score (nSPS) is 14.3. The number of fused-ring (bicyclic) bond motifs is 1. The first-order chi connectivity index (χ1) is 25.1. The lowest BCUT2D eigenvalue weighted by Crippen LogP contribution is -2.43. The van der Waals surface area contributed by atoms with Gasteiger partial charge in [-0.1, -0.05) is 24.3 Å². The van der Waals surface area contributed by atoms with Gasteiger partial charge in [-0.25, -0.2) is 18.2 Å². The Bertz CT molecular complexity index is 2030. The number of pyridine rings is 1. The van der Waals surface area contributed by atoms with Crippen LogP contribution in [0.5, 0.6) is 5.75 Å². The number of piperidine rings is 1. The SMILES string of the molecule is CCOc1ccc(-n2c(C(CCNC3CCNCC3)N(Cc3cccnc3)C(=O)Cc3ccc(C(C)(F)F)c(F)c3)nc3ccccc3c2=O)cc1. The monoisotopic (exact) mass is 712 g/mol. The van der Waals surface area contributed by atoms with E-state index in [1.54, 1.807) is 70.4 Å². The second-order valence-electron chi connectivity index (χ2n) is 13.1. The number of carbonyl (C=O) groups excluding carboxylic acids is 1. The highest BCUT2D eigenvalue weighted by Gasteiger charge is 2.32. The van der Waals surface area contributed by atoms with Crippen molar-refractivity contribution in [3.05, 3.63) is 130 Å². The van der Waals surface area contributed by atoms with E-state index in [-0.39, 0.29) is 30.1 Å². The third-order valence-corrected chi connectivity index (χ3v) is 9.33. The Morgan fingerprint density at radius 2 is 1.83 bits per heavy atom. The molecule has 1 aliphatic heterocycles. The van der Waals surface area contributed by atoms with E-state index < -0.39 is 29.3 Å². The van der Waals surface area contributed by atoms with Crippen molar-refractivity contribution in [3.8, 4) is 11.4 Å². The lowest BCUT2D eigenvalue weighted by Gasteiger charge is -2.34. The summed E-state index contributed by atoms with van der Waals surface area (Å²) in [7, 11) is 0. The molecule has 1 fully saturated rings. The molecule has 272 valence electrons. The number of para-hydroxylation sites is 1. The summed E-state index contributed by atoms with van der Waals surface area (Å²) in [5.74, 6) is -3.86. The Morgan fingerprint density at radius 3 is 2.52 bits per heavy atom. The van der Waals surface area contributed by atoms with E-state index >= 15 is 0 Å². The smallest absolute Gasteiger partial charge is 0.273 e. The van der Waals surface area contributed by atoms with E-state index in [1.165, 1.54) is 6.07 Å². The molecule has 0 spiro atoms. The van der Waals surface area contributed by atoms with Crippen molar-refractivity contribution < 1.29 is 22.7 Å². The van der Waals surface area contributed by atoms with Gasteiger partial charge in [0.05, 0.1) is 41.2 Å². The second-order valence-corrected chi connectivity index (χ2v) is 13.1. The van der Waals surface area contributed by atoms with Gasteiger partial charge in [0, 0.05) is 31.9 Å². The minimum atomic E-state index is -3.38. The van der Waals surface area contributed by atoms with Crippen molar-refractivity contribution in [3.63, 3.8) is 0 Å². The molecule has 0 saturated carbocycles. The summed E-state index contributed by atoms with van der Waals surface area (Å²) in [5, 5.41) is 7.44. The predicted octanol–water partition coefficient (Wildman–Crippen LogP) is 6.47. The quantitative estimate of drug-likeness (QED) is 0.136. The van der Waals surface area contributed by atoms with Crippen LogP contribution < -0.4 is 20.9 Å². The topological polar surface area (TPSA) is 101 Å². The van der Waals surface area contributed by atoms with Gasteiger partial charge < -0.3 is 20.3 Å². The number of halogens is 3. The average Bonchev–Trinajstić information content (AvgIpc) is 3.13. The molecule has 3 aromatic carbocycles. The zero-order valence-corrected chi connectivity index (χ0v) is 29.3. The summed E-state index contributed by atoms with van der Waals surface area (Å²) < 4.78 is 50.2. The van der Waals surface area contributed by atoms with E-state index in [2.05, 4.69) is 15.6 Å². The van der Waals surface area contributed by atoms with Gasteiger partial charge in [0.25, 0.3) is 11.5 Å². The van der Waals surface area contributed by atoms with Gasteiger partial charge in [0.1, 0.15) is 17.4 Å². The third-order valence-electron chi connectivity index (χ3n) is 9.33. The van der Waals surface area contributed by atoms with E-state index in [9.17, 15) is 22.8 Å². The van der Waals surface area contributed by atoms with Crippen LogP contribution in [0, 0.1) is 5.82 Å². The van der Waals surface area contributed by atoms with E-state index in [1.807, 2.05) is 19.1 Å². The van der Waals surface area contributed by atoms with Gasteiger partial charge in [-0.2, -0.15) is 0 Å². The van der Waals surface area contributed by atoms with Gasteiger partial charge in [0.2, 0.25) is 5.91 Å². The van der Waals surface area contributed by atoms with Crippen molar-refractivity contribution in [1.29, 1.82) is 0 Å². The number of nitrogens with one attached hydrogen (secondary N) is 2. The molecule has 1 aliphatic rings. The molecule has 1 unspecified atom stereocenters. The van der Waals surface area contributed by atoms with Crippen LogP contribution in [-0.4, -0.2) is 57.6 Å². The first-order valence-electron chi connectivity index (χ1n) is 17.7. The Hall–Kier alpha value is -5.07. The van der Waals surface area contributed by atoms with Crippen LogP contribution in [-0.2, 0) is 23.7 Å². The Kier molecular flexibility index (Phi) is 11.7. The minimum absolute atomic E-state index is 0.101. The molecule has 1 saturated heterocycles. The maximum Gasteiger partial charge on any atom is 0.273 e. The number of amides is 1. The standard InChI is InChI=1S/C40H43F3N6O3/c1-3-52-31-13-11-30(12-14-31)49-38(47-35-9-5-4-8-32(35)39(49)51)36(18-22-46-29-16-20-44-21-17-29)48(26-28-7-6-19-45-25-28)37(50)24-27-10-15-33(34(41)23-27)40(2,42)43/h4-15,19,23,25,29,36,44,46H,3,16-18,20-22,24,26H2,1-2H3. The summed E-state index contributed by atoms with van der Waals surface area (Å²) >= 11 is 0. The summed E-state index contributed by atoms with van der Waals surface area (Å²) in [5.41, 5.74) is 0.965. The van der Waals surface area contributed by atoms with E-state index in [0.29, 0.717) is 54.7 Å². The number of carbonyl (C=O) groups is 1. The first kappa shape index (κ1) is 36.7. The molecule has 12 heteroatoms. The molecule has 0 aliphatic carbocycles. The Morgan fingerprint density at radius 1 is 1.06 bits per heavy atom. The first-order valence-corrected chi connectivity index (χ1v) is 17.7. The second kappa shape index (κ2) is 16.5. The molecule has 0 bridgehead atoms. The van der Waals surface area contributed by atoms with Crippen LogP contribution in [0.15, 0.2) is 96.1 Å². The van der Waals surface area contributed by atoms with Gasteiger partial charge in [-0.05, 0) is 112 Å². The maximum absolute atomic E-state index is 14.9. The fraction of sp³-hybridized carbons (Fsp3) is 0.350. The molecule has 1 atom stereocenters. The minimum Gasteiger partial charge on any atom is -0.494 e. The number of nitrogens with zero attached hydrogens (tertiary/aromatic N) is 4. The van der Waals surface area contributed by atoms with Gasteiger partial charge >= 0.3 is 0 Å². The van der Waals surface area contributed by atoms with Crippen molar-refractivity contribution in [1.82, 2.24) is 30.1 Å². The van der Waals surface area contributed by atoms with E-state index in [4.69, 9.17) is 9.72 Å². The molecule has 3 heterocycles. The predicted molar refractivity (Wildman–Crippen MR) is 194 cm³/mol. The van der Waals surface area contributed by atoms with Crippen molar-refractivity contribution in [2.75, 3.05) is 26.2 Å². The number of rotatable bonds is 14. The van der Waals surface area contributed by atoms with Crippen LogP contribution in [0.25, 0.3) is 16.6 Å². The van der Waals surface area contributed by atoms with Crippen LogP contribution in [0.4, 0.5) is 13.2 Å². The van der Waals surface area contributed by atoms with Crippen LogP contribution in [0.1, 0.15) is 61.7 Å². The Balaban J connectivity index is 1.48. The number of ether oxygens (including phenoxy) is 1. The number of hydrogen-bond acceptors (Lipinski definition) is 7. The molecule has 2 N–H and O–H groups in total. The average molecular weight is 713 g/mol. The number of alkyl halides is 2. The van der Waals surface area contributed by atoms with Crippen molar-refractivity contribution in [2.24, 2.45) is 0 Å². The zero-order valence-electron chi connectivity index (χ0n) is 29.3.